The molecule has 3 heteroatoms. The summed E-state index contributed by atoms with van der Waals surface area (Å²) >= 11 is 0. The number of furan rings is 1. The van der Waals surface area contributed by atoms with E-state index in [2.05, 4.69) is 38.2 Å². The van der Waals surface area contributed by atoms with Gasteiger partial charge in [0.1, 0.15) is 11.5 Å². The molecule has 21 heavy (non-hydrogen) atoms. The molecule has 1 aromatic heterocycles. The van der Waals surface area contributed by atoms with Crippen LogP contribution in [0.3, 0.4) is 0 Å². The molecule has 0 aliphatic heterocycles. The summed E-state index contributed by atoms with van der Waals surface area (Å²) in [5.74, 6) is 1.89. The van der Waals surface area contributed by atoms with Gasteiger partial charge in [-0.25, -0.2) is 0 Å². The molecular formula is C18H25NO2. The minimum Gasteiger partial charge on any atom is -0.494 e. The molecule has 1 N–H and O–H groups in total. The molecule has 1 unspecified atom stereocenters. The Morgan fingerprint density at radius 1 is 1.19 bits per heavy atom. The van der Waals surface area contributed by atoms with Crippen LogP contribution in [0, 0.1) is 13.8 Å². The molecule has 0 fully saturated rings. The predicted octanol–water partition coefficient (Wildman–Crippen LogP) is 4.38. The van der Waals surface area contributed by atoms with Gasteiger partial charge in [0.2, 0.25) is 0 Å². The molecule has 0 radical (unpaired) electrons. The molecule has 0 spiro atoms. The average molecular weight is 287 g/mol. The van der Waals surface area contributed by atoms with Crippen LogP contribution in [0.15, 0.2) is 34.9 Å². The van der Waals surface area contributed by atoms with Crippen LogP contribution in [-0.2, 0) is 0 Å². The number of hydrogen-bond donors (Lipinski definition) is 1. The summed E-state index contributed by atoms with van der Waals surface area (Å²) in [6.07, 6.45) is 2.83. The van der Waals surface area contributed by atoms with Gasteiger partial charge in [0.15, 0.2) is 0 Å². The molecule has 114 valence electrons. The molecule has 1 heterocycles. The van der Waals surface area contributed by atoms with Crippen LogP contribution < -0.4 is 10.1 Å². The van der Waals surface area contributed by atoms with E-state index in [0.29, 0.717) is 6.61 Å². The standard InChI is InChI=1S/C18H25NO2/c1-5-10-19-17(18-14(4)9-11-21-18)15-12-13(3)7-8-16(15)20-6-2/h7-9,11-12,17,19H,5-6,10H2,1-4H3. The van der Waals surface area contributed by atoms with Crippen LogP contribution in [0.4, 0.5) is 0 Å². The second kappa shape index (κ2) is 7.32. The van der Waals surface area contributed by atoms with Gasteiger partial charge >= 0.3 is 0 Å². The first-order valence-electron chi connectivity index (χ1n) is 7.68. The highest BCUT2D eigenvalue weighted by Crippen LogP contribution is 2.33. The van der Waals surface area contributed by atoms with Crippen molar-refractivity contribution >= 4 is 0 Å². The smallest absolute Gasteiger partial charge is 0.128 e. The van der Waals surface area contributed by atoms with E-state index in [1.807, 2.05) is 19.1 Å². The first-order valence-corrected chi connectivity index (χ1v) is 7.68. The maximum atomic E-state index is 5.81. The van der Waals surface area contributed by atoms with Gasteiger partial charge < -0.3 is 14.5 Å². The van der Waals surface area contributed by atoms with E-state index in [1.165, 1.54) is 5.56 Å². The molecule has 2 aromatic rings. The maximum absolute atomic E-state index is 5.81. The van der Waals surface area contributed by atoms with E-state index < -0.39 is 0 Å². The third-order valence-corrected chi connectivity index (χ3v) is 3.54. The summed E-state index contributed by atoms with van der Waals surface area (Å²) < 4.78 is 11.5. The van der Waals surface area contributed by atoms with Crippen molar-refractivity contribution in [2.45, 2.75) is 40.2 Å². The molecule has 2 rings (SSSR count). The van der Waals surface area contributed by atoms with Gasteiger partial charge in [-0.3, -0.25) is 0 Å². The minimum absolute atomic E-state index is 0.0291. The van der Waals surface area contributed by atoms with Crippen molar-refractivity contribution in [2.75, 3.05) is 13.2 Å². The van der Waals surface area contributed by atoms with E-state index >= 15 is 0 Å². The van der Waals surface area contributed by atoms with Crippen LogP contribution in [0.25, 0.3) is 0 Å². The number of hydrogen-bond acceptors (Lipinski definition) is 3. The summed E-state index contributed by atoms with van der Waals surface area (Å²) in [4.78, 5) is 0. The summed E-state index contributed by atoms with van der Waals surface area (Å²) in [6.45, 7) is 9.95. The topological polar surface area (TPSA) is 34.4 Å². The van der Waals surface area contributed by atoms with Crippen LogP contribution in [0.5, 0.6) is 5.75 Å². The fourth-order valence-corrected chi connectivity index (χ4v) is 2.49. The molecule has 0 bridgehead atoms. The lowest BCUT2D eigenvalue weighted by atomic mass is 9.99. The van der Waals surface area contributed by atoms with Gasteiger partial charge in [0.25, 0.3) is 0 Å². The monoisotopic (exact) mass is 287 g/mol. The highest BCUT2D eigenvalue weighted by Gasteiger charge is 2.22. The van der Waals surface area contributed by atoms with Gasteiger partial charge in [-0.2, -0.15) is 0 Å². The molecule has 1 atom stereocenters. The largest absolute Gasteiger partial charge is 0.494 e. The summed E-state index contributed by atoms with van der Waals surface area (Å²) in [5, 5.41) is 3.58. The summed E-state index contributed by atoms with van der Waals surface area (Å²) in [6, 6.07) is 8.35. The van der Waals surface area contributed by atoms with E-state index in [1.54, 1.807) is 6.26 Å². The molecule has 0 aliphatic carbocycles. The van der Waals surface area contributed by atoms with Crippen LogP contribution in [0.1, 0.15) is 48.8 Å². The first kappa shape index (κ1) is 15.6. The Morgan fingerprint density at radius 3 is 2.62 bits per heavy atom. The lowest BCUT2D eigenvalue weighted by Crippen LogP contribution is -2.24. The van der Waals surface area contributed by atoms with Crippen LogP contribution in [0.2, 0.25) is 0 Å². The molecule has 0 aliphatic rings. The Balaban J connectivity index is 2.45. The number of benzene rings is 1. The number of aryl methyl sites for hydroxylation is 2. The highest BCUT2D eigenvalue weighted by molar-refractivity contribution is 5.43. The predicted molar refractivity (Wildman–Crippen MR) is 85.9 cm³/mol. The Morgan fingerprint density at radius 2 is 2.00 bits per heavy atom. The van der Waals surface area contributed by atoms with Crippen LogP contribution >= 0.6 is 0 Å². The normalized spacial score (nSPS) is 12.4. The second-order valence-corrected chi connectivity index (χ2v) is 5.33. The second-order valence-electron chi connectivity index (χ2n) is 5.33. The lowest BCUT2D eigenvalue weighted by Gasteiger charge is -2.21. The number of rotatable bonds is 7. The van der Waals surface area contributed by atoms with E-state index in [-0.39, 0.29) is 6.04 Å². The number of nitrogens with one attached hydrogen (secondary N) is 1. The van der Waals surface area contributed by atoms with Gasteiger partial charge in [0, 0.05) is 5.56 Å². The molecule has 0 amide bonds. The number of ether oxygens (including phenoxy) is 1. The third-order valence-electron chi connectivity index (χ3n) is 3.54. The van der Waals surface area contributed by atoms with Gasteiger partial charge in [0.05, 0.1) is 18.9 Å². The SMILES string of the molecule is CCCNC(c1cc(C)ccc1OCC)c1occc1C. The van der Waals surface area contributed by atoms with Crippen molar-refractivity contribution in [1.82, 2.24) is 5.32 Å². The van der Waals surface area contributed by atoms with Crippen molar-refractivity contribution in [3.05, 3.63) is 53.0 Å². The highest BCUT2D eigenvalue weighted by atomic mass is 16.5. The quantitative estimate of drug-likeness (QED) is 0.820. The zero-order valence-electron chi connectivity index (χ0n) is 13.4. The molecule has 0 saturated carbocycles. The van der Waals surface area contributed by atoms with Crippen molar-refractivity contribution in [2.24, 2.45) is 0 Å². The van der Waals surface area contributed by atoms with Gasteiger partial charge in [-0.05, 0) is 51.4 Å². The van der Waals surface area contributed by atoms with Gasteiger partial charge in [-0.15, -0.1) is 0 Å². The Bertz CT molecular complexity index is 574. The van der Waals surface area contributed by atoms with E-state index in [9.17, 15) is 0 Å². The zero-order valence-corrected chi connectivity index (χ0v) is 13.4. The first-order chi connectivity index (χ1) is 10.2. The zero-order chi connectivity index (χ0) is 15.2. The van der Waals surface area contributed by atoms with Crippen molar-refractivity contribution in [3.63, 3.8) is 0 Å². The maximum Gasteiger partial charge on any atom is 0.128 e. The van der Waals surface area contributed by atoms with E-state index in [4.69, 9.17) is 9.15 Å². The Kier molecular flexibility index (Phi) is 5.45. The molecule has 0 saturated heterocycles. The lowest BCUT2D eigenvalue weighted by molar-refractivity contribution is 0.330. The summed E-state index contributed by atoms with van der Waals surface area (Å²) in [7, 11) is 0. The molecule has 3 nitrogen and oxygen atoms in total. The fourth-order valence-electron chi connectivity index (χ4n) is 2.49. The minimum atomic E-state index is 0.0291. The Labute approximate surface area is 127 Å². The van der Waals surface area contributed by atoms with E-state index in [0.717, 1.165) is 35.6 Å². The molecule has 1 aromatic carbocycles. The van der Waals surface area contributed by atoms with Crippen molar-refractivity contribution in [3.8, 4) is 5.75 Å². The fraction of sp³-hybridized carbons (Fsp3) is 0.444. The average Bonchev–Trinajstić information content (AvgIpc) is 2.88. The third kappa shape index (κ3) is 3.67. The molecular weight excluding hydrogens is 262 g/mol. The Hall–Kier alpha value is -1.74. The van der Waals surface area contributed by atoms with Gasteiger partial charge in [-0.1, -0.05) is 24.6 Å². The van der Waals surface area contributed by atoms with Crippen molar-refractivity contribution < 1.29 is 9.15 Å². The summed E-state index contributed by atoms with van der Waals surface area (Å²) in [5.41, 5.74) is 3.52. The van der Waals surface area contributed by atoms with Crippen molar-refractivity contribution in [1.29, 1.82) is 0 Å². The van der Waals surface area contributed by atoms with Crippen LogP contribution in [-0.4, -0.2) is 13.2 Å².